The standard InChI is InChI=1S/C21H18BrN3OS/c1-13-10-11-25-20(15-6-9-18(27-3)17(22)12-15)19(24-21(25)23-13)14-4-7-16(26-2)8-5-14/h4-12H,1-3H3. The van der Waals surface area contributed by atoms with Crippen LogP contribution >= 0.6 is 27.7 Å². The van der Waals surface area contributed by atoms with Crippen molar-refractivity contribution in [2.45, 2.75) is 11.8 Å². The number of aryl methyl sites for hydroxylation is 1. The molecule has 2 aromatic heterocycles. The smallest absolute Gasteiger partial charge is 0.235 e. The summed E-state index contributed by atoms with van der Waals surface area (Å²) >= 11 is 5.40. The molecule has 0 spiro atoms. The van der Waals surface area contributed by atoms with Gasteiger partial charge in [0, 0.05) is 32.4 Å². The van der Waals surface area contributed by atoms with Crippen molar-refractivity contribution in [3.63, 3.8) is 0 Å². The fourth-order valence-electron chi connectivity index (χ4n) is 3.06. The van der Waals surface area contributed by atoms with Gasteiger partial charge in [0.25, 0.3) is 0 Å². The molecule has 0 aliphatic carbocycles. The molecule has 0 saturated heterocycles. The van der Waals surface area contributed by atoms with E-state index in [0.29, 0.717) is 5.78 Å². The van der Waals surface area contributed by atoms with Crippen molar-refractivity contribution in [1.29, 1.82) is 0 Å². The summed E-state index contributed by atoms with van der Waals surface area (Å²) in [7, 11) is 1.67. The molecule has 0 amide bonds. The normalized spacial score (nSPS) is 11.1. The third-order valence-corrected chi connectivity index (χ3v) is 6.14. The van der Waals surface area contributed by atoms with Crippen LogP contribution in [0, 0.1) is 6.92 Å². The van der Waals surface area contributed by atoms with E-state index < -0.39 is 0 Å². The molecule has 0 N–H and O–H groups in total. The lowest BCUT2D eigenvalue weighted by atomic mass is 10.0. The second-order valence-electron chi connectivity index (χ2n) is 6.13. The number of fused-ring (bicyclic) bond motifs is 1. The summed E-state index contributed by atoms with van der Waals surface area (Å²) in [6, 6.07) is 16.4. The van der Waals surface area contributed by atoms with Crippen LogP contribution in [0.25, 0.3) is 28.3 Å². The molecule has 27 heavy (non-hydrogen) atoms. The van der Waals surface area contributed by atoms with Crippen LogP contribution in [-0.2, 0) is 0 Å². The Bertz CT molecular complexity index is 1120. The van der Waals surface area contributed by atoms with Crippen molar-refractivity contribution in [1.82, 2.24) is 14.4 Å². The molecule has 0 saturated carbocycles. The van der Waals surface area contributed by atoms with Gasteiger partial charge in [0.1, 0.15) is 5.75 Å². The van der Waals surface area contributed by atoms with Crippen LogP contribution in [0.5, 0.6) is 5.75 Å². The van der Waals surface area contributed by atoms with Gasteiger partial charge in [-0.25, -0.2) is 9.97 Å². The molecule has 0 atom stereocenters. The highest BCUT2D eigenvalue weighted by atomic mass is 79.9. The van der Waals surface area contributed by atoms with E-state index in [1.807, 2.05) is 47.9 Å². The third kappa shape index (κ3) is 3.35. The fraction of sp³-hybridized carbons (Fsp3) is 0.143. The number of imidazole rings is 1. The van der Waals surface area contributed by atoms with Gasteiger partial charge in [0.05, 0.1) is 18.5 Å². The minimum Gasteiger partial charge on any atom is -0.497 e. The van der Waals surface area contributed by atoms with Crippen LogP contribution in [0.4, 0.5) is 0 Å². The maximum absolute atomic E-state index is 5.29. The number of halogens is 1. The van der Waals surface area contributed by atoms with Crippen molar-refractivity contribution in [2.24, 2.45) is 0 Å². The topological polar surface area (TPSA) is 39.4 Å². The van der Waals surface area contributed by atoms with Crippen molar-refractivity contribution in [3.8, 4) is 28.3 Å². The molecule has 4 rings (SSSR count). The molecule has 0 fully saturated rings. The van der Waals surface area contributed by atoms with E-state index in [2.05, 4.69) is 45.4 Å². The lowest BCUT2D eigenvalue weighted by Gasteiger charge is -2.09. The van der Waals surface area contributed by atoms with Gasteiger partial charge in [0.15, 0.2) is 0 Å². The molecular formula is C21H18BrN3OS. The first kappa shape index (κ1) is 18.1. The monoisotopic (exact) mass is 439 g/mol. The van der Waals surface area contributed by atoms with Crippen LogP contribution in [-0.4, -0.2) is 27.7 Å². The minimum atomic E-state index is 0.695. The summed E-state index contributed by atoms with van der Waals surface area (Å²) in [4.78, 5) is 10.6. The SMILES string of the molecule is COc1ccc(-c2nc3nc(C)ccn3c2-c2ccc(SC)c(Br)c2)cc1. The predicted octanol–water partition coefficient (Wildman–Crippen LogP) is 5.86. The van der Waals surface area contributed by atoms with E-state index in [1.54, 1.807) is 18.9 Å². The second kappa shape index (κ2) is 7.37. The molecule has 0 bridgehead atoms. The number of hydrogen-bond acceptors (Lipinski definition) is 4. The van der Waals surface area contributed by atoms with Gasteiger partial charge < -0.3 is 4.74 Å². The molecule has 4 aromatic rings. The van der Waals surface area contributed by atoms with Crippen molar-refractivity contribution in [3.05, 3.63) is 64.9 Å². The molecule has 0 radical (unpaired) electrons. The summed E-state index contributed by atoms with van der Waals surface area (Å²) in [5.74, 6) is 1.52. The van der Waals surface area contributed by atoms with Gasteiger partial charge in [-0.15, -0.1) is 11.8 Å². The zero-order chi connectivity index (χ0) is 19.0. The summed E-state index contributed by atoms with van der Waals surface area (Å²) < 4.78 is 8.41. The van der Waals surface area contributed by atoms with Gasteiger partial charge in [-0.2, -0.15) is 0 Å². The molecule has 2 aromatic carbocycles. The zero-order valence-corrected chi connectivity index (χ0v) is 17.6. The first-order valence-corrected chi connectivity index (χ1v) is 10.5. The summed E-state index contributed by atoms with van der Waals surface area (Å²) in [6.07, 6.45) is 4.10. The van der Waals surface area contributed by atoms with Crippen LogP contribution in [0.3, 0.4) is 0 Å². The molecule has 4 nitrogen and oxygen atoms in total. The number of thioether (sulfide) groups is 1. The van der Waals surface area contributed by atoms with Crippen molar-refractivity contribution >= 4 is 33.5 Å². The van der Waals surface area contributed by atoms with Crippen LogP contribution in [0.2, 0.25) is 0 Å². The average molecular weight is 440 g/mol. The molecule has 0 unspecified atom stereocenters. The van der Waals surface area contributed by atoms with Crippen molar-refractivity contribution < 1.29 is 4.74 Å². The van der Waals surface area contributed by atoms with E-state index in [1.165, 1.54) is 4.90 Å². The van der Waals surface area contributed by atoms with Crippen molar-refractivity contribution in [2.75, 3.05) is 13.4 Å². The lowest BCUT2D eigenvalue weighted by Crippen LogP contribution is -1.93. The first-order chi connectivity index (χ1) is 13.1. The maximum atomic E-state index is 5.29. The Morgan fingerprint density at radius 2 is 1.74 bits per heavy atom. The van der Waals surface area contributed by atoms with Gasteiger partial charge in [0.2, 0.25) is 5.78 Å². The minimum absolute atomic E-state index is 0.695. The Balaban J connectivity index is 1.97. The lowest BCUT2D eigenvalue weighted by molar-refractivity contribution is 0.415. The van der Waals surface area contributed by atoms with Gasteiger partial charge in [-0.3, -0.25) is 4.40 Å². The Morgan fingerprint density at radius 3 is 2.41 bits per heavy atom. The van der Waals surface area contributed by atoms with Crippen LogP contribution in [0.1, 0.15) is 5.69 Å². The Hall–Kier alpha value is -2.31. The number of benzene rings is 2. The number of methoxy groups -OCH3 is 1. The van der Waals surface area contributed by atoms with Gasteiger partial charge in [-0.05, 0) is 71.6 Å². The van der Waals surface area contributed by atoms with E-state index in [0.717, 1.165) is 38.4 Å². The molecule has 0 aliphatic rings. The fourth-order valence-corrected chi connectivity index (χ4v) is 4.38. The Kier molecular flexibility index (Phi) is 4.93. The number of aromatic nitrogens is 3. The number of nitrogens with zero attached hydrogens (tertiary/aromatic N) is 3. The Labute approximate surface area is 170 Å². The van der Waals surface area contributed by atoms with Gasteiger partial charge in [-0.1, -0.05) is 6.07 Å². The summed E-state index contributed by atoms with van der Waals surface area (Å²) in [5, 5.41) is 0. The summed E-state index contributed by atoms with van der Waals surface area (Å²) in [5.41, 5.74) is 4.98. The zero-order valence-electron chi connectivity index (χ0n) is 15.2. The average Bonchev–Trinajstić information content (AvgIpc) is 3.06. The number of ether oxygens (including phenoxy) is 1. The highest BCUT2D eigenvalue weighted by Gasteiger charge is 2.18. The summed E-state index contributed by atoms with van der Waals surface area (Å²) in [6.45, 7) is 1.98. The van der Waals surface area contributed by atoms with E-state index >= 15 is 0 Å². The number of rotatable bonds is 4. The van der Waals surface area contributed by atoms with E-state index in [9.17, 15) is 0 Å². The quantitative estimate of drug-likeness (QED) is 0.373. The second-order valence-corrected chi connectivity index (χ2v) is 7.83. The first-order valence-electron chi connectivity index (χ1n) is 8.44. The largest absolute Gasteiger partial charge is 0.497 e. The van der Waals surface area contributed by atoms with Crippen LogP contribution < -0.4 is 4.74 Å². The third-order valence-electron chi connectivity index (χ3n) is 4.42. The highest BCUT2D eigenvalue weighted by molar-refractivity contribution is 9.10. The Morgan fingerprint density at radius 1 is 1.00 bits per heavy atom. The highest BCUT2D eigenvalue weighted by Crippen LogP contribution is 2.36. The number of hydrogen-bond donors (Lipinski definition) is 0. The molecule has 2 heterocycles. The van der Waals surface area contributed by atoms with Crippen LogP contribution in [0.15, 0.2) is 64.1 Å². The van der Waals surface area contributed by atoms with E-state index in [4.69, 9.17) is 9.72 Å². The maximum Gasteiger partial charge on any atom is 0.235 e. The molecule has 136 valence electrons. The predicted molar refractivity (Wildman–Crippen MR) is 115 cm³/mol. The van der Waals surface area contributed by atoms with Gasteiger partial charge >= 0.3 is 0 Å². The molecule has 6 heteroatoms. The van der Waals surface area contributed by atoms with E-state index in [-0.39, 0.29) is 0 Å². The molecule has 0 aliphatic heterocycles. The molecular weight excluding hydrogens is 422 g/mol.